The summed E-state index contributed by atoms with van der Waals surface area (Å²) in [5, 5.41) is 3.07. The van der Waals surface area contributed by atoms with E-state index in [1.807, 2.05) is 50.2 Å². The molecule has 0 aliphatic carbocycles. The number of rotatable bonds is 4. The third-order valence-electron chi connectivity index (χ3n) is 3.29. The van der Waals surface area contributed by atoms with E-state index in [1.165, 1.54) is 6.08 Å². The van der Waals surface area contributed by atoms with E-state index in [1.54, 1.807) is 19.1 Å². The molecule has 5 heteroatoms. The lowest BCUT2D eigenvalue weighted by Gasteiger charge is -2.07. The molecule has 0 unspecified atom stereocenters. The van der Waals surface area contributed by atoms with Crippen molar-refractivity contribution in [1.82, 2.24) is 5.48 Å². The molecule has 0 bridgehead atoms. The molecule has 0 fully saturated rings. The number of hydroxylamine groups is 1. The maximum Gasteiger partial charge on any atom is 0.357 e. The summed E-state index contributed by atoms with van der Waals surface area (Å²) in [5.74, 6) is -1.13. The number of hydrogen-bond donors (Lipinski definition) is 2. The summed E-state index contributed by atoms with van der Waals surface area (Å²) in [5.41, 5.74) is 6.23. The third kappa shape index (κ3) is 5.28. The van der Waals surface area contributed by atoms with Crippen LogP contribution in [0.4, 0.5) is 5.69 Å². The topological polar surface area (TPSA) is 67.4 Å². The normalized spacial score (nSPS) is 10.9. The number of amides is 1. The van der Waals surface area contributed by atoms with Crippen molar-refractivity contribution in [3.63, 3.8) is 0 Å². The van der Waals surface area contributed by atoms with E-state index in [9.17, 15) is 9.59 Å². The molecular formula is C19H20N2O3. The van der Waals surface area contributed by atoms with Gasteiger partial charge >= 0.3 is 5.97 Å². The number of allylic oxidation sites excluding steroid dienone is 1. The molecular weight excluding hydrogens is 304 g/mol. The number of anilines is 1. The monoisotopic (exact) mass is 324 g/mol. The predicted molar refractivity (Wildman–Crippen MR) is 93.3 cm³/mol. The first-order valence-corrected chi connectivity index (χ1v) is 7.54. The Bertz CT molecular complexity index is 747. The standard InChI is InChI=1S/C19H20N2O3/c1-13-4-8-16(9-5-13)19(23)21-24-18(22)12-15(3)20-17-10-6-14(2)7-11-17/h4-12,20H,1-3H3,(H,21,23). The smallest absolute Gasteiger partial charge is 0.357 e. The summed E-state index contributed by atoms with van der Waals surface area (Å²) in [6, 6.07) is 14.7. The van der Waals surface area contributed by atoms with Crippen LogP contribution in [0.2, 0.25) is 0 Å². The van der Waals surface area contributed by atoms with E-state index in [0.29, 0.717) is 11.3 Å². The number of carbonyl (C=O) groups excluding carboxylic acids is 2. The lowest BCUT2D eigenvalue weighted by atomic mass is 10.1. The van der Waals surface area contributed by atoms with Crippen LogP contribution in [0.1, 0.15) is 28.4 Å². The number of carbonyl (C=O) groups is 2. The minimum Gasteiger partial charge on any atom is -0.359 e. The zero-order valence-electron chi connectivity index (χ0n) is 13.9. The van der Waals surface area contributed by atoms with Crippen molar-refractivity contribution < 1.29 is 14.4 Å². The molecule has 2 aromatic rings. The zero-order chi connectivity index (χ0) is 17.5. The molecule has 2 rings (SSSR count). The summed E-state index contributed by atoms with van der Waals surface area (Å²) in [7, 11) is 0. The Labute approximate surface area is 141 Å². The fraction of sp³-hybridized carbons (Fsp3) is 0.158. The van der Waals surface area contributed by atoms with Gasteiger partial charge in [-0.25, -0.2) is 4.79 Å². The highest BCUT2D eigenvalue weighted by Gasteiger charge is 2.07. The van der Waals surface area contributed by atoms with Gasteiger partial charge in [0.1, 0.15) is 0 Å². The lowest BCUT2D eigenvalue weighted by molar-refractivity contribution is -0.142. The average Bonchev–Trinajstić information content (AvgIpc) is 2.55. The van der Waals surface area contributed by atoms with Crippen molar-refractivity contribution in [2.75, 3.05) is 5.32 Å². The molecule has 0 saturated carbocycles. The summed E-state index contributed by atoms with van der Waals surface area (Å²) < 4.78 is 0. The van der Waals surface area contributed by atoms with Gasteiger partial charge in [0, 0.05) is 23.0 Å². The summed E-state index contributed by atoms with van der Waals surface area (Å²) in [6.45, 7) is 5.67. The van der Waals surface area contributed by atoms with Crippen molar-refractivity contribution in [3.05, 3.63) is 77.0 Å². The highest BCUT2D eigenvalue weighted by molar-refractivity contribution is 5.94. The quantitative estimate of drug-likeness (QED) is 0.667. The van der Waals surface area contributed by atoms with Crippen molar-refractivity contribution in [3.8, 4) is 0 Å². The molecule has 0 saturated heterocycles. The molecule has 0 radical (unpaired) electrons. The van der Waals surface area contributed by atoms with Crippen LogP contribution < -0.4 is 10.8 Å². The number of hydrogen-bond acceptors (Lipinski definition) is 4. The predicted octanol–water partition coefficient (Wildman–Crippen LogP) is 3.51. The zero-order valence-corrected chi connectivity index (χ0v) is 13.9. The van der Waals surface area contributed by atoms with Crippen molar-refractivity contribution in [2.45, 2.75) is 20.8 Å². The Morgan fingerprint density at radius 3 is 2.04 bits per heavy atom. The molecule has 0 aliphatic rings. The van der Waals surface area contributed by atoms with Crippen molar-refractivity contribution in [1.29, 1.82) is 0 Å². The van der Waals surface area contributed by atoms with Crippen LogP contribution in [0.3, 0.4) is 0 Å². The van der Waals surface area contributed by atoms with E-state index in [2.05, 4.69) is 10.8 Å². The second-order valence-electron chi connectivity index (χ2n) is 5.54. The fourth-order valence-electron chi connectivity index (χ4n) is 1.97. The van der Waals surface area contributed by atoms with Crippen LogP contribution in [0.15, 0.2) is 60.3 Å². The molecule has 2 N–H and O–H groups in total. The molecule has 2 aromatic carbocycles. The lowest BCUT2D eigenvalue weighted by Crippen LogP contribution is -2.26. The fourth-order valence-corrected chi connectivity index (χ4v) is 1.97. The van der Waals surface area contributed by atoms with Gasteiger partial charge in [0.25, 0.3) is 5.91 Å². The Hall–Kier alpha value is -3.08. The second kappa shape index (κ2) is 7.97. The first kappa shape index (κ1) is 17.3. The minimum atomic E-state index is -0.660. The van der Waals surface area contributed by atoms with Crippen molar-refractivity contribution in [2.24, 2.45) is 0 Å². The van der Waals surface area contributed by atoms with Crippen LogP contribution >= 0.6 is 0 Å². The van der Waals surface area contributed by atoms with Gasteiger partial charge in [-0.1, -0.05) is 35.4 Å². The van der Waals surface area contributed by atoms with E-state index < -0.39 is 11.9 Å². The minimum absolute atomic E-state index is 0.423. The summed E-state index contributed by atoms with van der Waals surface area (Å²) in [4.78, 5) is 28.3. The van der Waals surface area contributed by atoms with Crippen LogP contribution in [0.25, 0.3) is 0 Å². The average molecular weight is 324 g/mol. The SMILES string of the molecule is CC(=CC(=O)ONC(=O)c1ccc(C)cc1)Nc1ccc(C)cc1. The molecule has 0 heterocycles. The van der Waals surface area contributed by atoms with Gasteiger partial charge in [0.05, 0.1) is 0 Å². The largest absolute Gasteiger partial charge is 0.359 e. The maximum absolute atomic E-state index is 11.8. The van der Waals surface area contributed by atoms with E-state index in [0.717, 1.165) is 16.8 Å². The highest BCUT2D eigenvalue weighted by atomic mass is 16.7. The molecule has 24 heavy (non-hydrogen) atoms. The Morgan fingerprint density at radius 2 is 1.46 bits per heavy atom. The molecule has 0 spiro atoms. The van der Waals surface area contributed by atoms with Gasteiger partial charge in [-0.05, 0) is 45.0 Å². The highest BCUT2D eigenvalue weighted by Crippen LogP contribution is 2.11. The van der Waals surface area contributed by atoms with Crippen LogP contribution in [0, 0.1) is 13.8 Å². The van der Waals surface area contributed by atoms with Crippen LogP contribution in [-0.4, -0.2) is 11.9 Å². The van der Waals surface area contributed by atoms with Gasteiger partial charge < -0.3 is 10.2 Å². The Balaban J connectivity index is 1.86. The summed E-state index contributed by atoms with van der Waals surface area (Å²) >= 11 is 0. The molecule has 0 aliphatic heterocycles. The molecule has 124 valence electrons. The number of nitrogens with one attached hydrogen (secondary N) is 2. The first-order chi connectivity index (χ1) is 11.4. The summed E-state index contributed by atoms with van der Waals surface area (Å²) in [6.07, 6.45) is 1.27. The molecule has 0 atom stereocenters. The van der Waals surface area contributed by atoms with Gasteiger partial charge in [-0.2, -0.15) is 5.48 Å². The van der Waals surface area contributed by atoms with Gasteiger partial charge in [0.2, 0.25) is 0 Å². The van der Waals surface area contributed by atoms with Crippen LogP contribution in [0.5, 0.6) is 0 Å². The third-order valence-corrected chi connectivity index (χ3v) is 3.29. The van der Waals surface area contributed by atoms with E-state index >= 15 is 0 Å². The second-order valence-corrected chi connectivity index (χ2v) is 5.54. The van der Waals surface area contributed by atoms with Gasteiger partial charge in [-0.3, -0.25) is 4.79 Å². The van der Waals surface area contributed by atoms with Gasteiger partial charge in [0.15, 0.2) is 0 Å². The maximum atomic E-state index is 11.8. The van der Waals surface area contributed by atoms with Crippen LogP contribution in [-0.2, 0) is 9.63 Å². The molecule has 0 aromatic heterocycles. The number of aryl methyl sites for hydroxylation is 2. The molecule has 5 nitrogen and oxygen atoms in total. The van der Waals surface area contributed by atoms with E-state index in [4.69, 9.17) is 4.84 Å². The van der Waals surface area contributed by atoms with Crippen molar-refractivity contribution >= 4 is 17.6 Å². The molecule has 1 amide bonds. The van der Waals surface area contributed by atoms with Gasteiger partial charge in [-0.15, -0.1) is 0 Å². The van der Waals surface area contributed by atoms with E-state index in [-0.39, 0.29) is 0 Å². The number of benzene rings is 2. The first-order valence-electron chi connectivity index (χ1n) is 7.54. The Morgan fingerprint density at radius 1 is 0.917 bits per heavy atom. The Kier molecular flexibility index (Phi) is 5.73.